The second-order valence-electron chi connectivity index (χ2n) is 9.34. The first kappa shape index (κ1) is 28.5. The number of thioether (sulfide) groups is 1. The molecule has 1 aromatic carbocycles. The lowest BCUT2D eigenvalue weighted by atomic mass is 9.93. The normalized spacial score (nSPS) is 19.3. The summed E-state index contributed by atoms with van der Waals surface area (Å²) in [5.74, 6) is 0.270. The fraction of sp³-hybridized carbons (Fsp3) is 0.500. The monoisotopic (exact) mass is 557 g/mol. The van der Waals surface area contributed by atoms with E-state index in [1.807, 2.05) is 22.4 Å². The number of allylic oxidation sites excluding steroid dienone is 1. The molecule has 0 aromatic heterocycles. The number of piperidine rings is 1. The van der Waals surface area contributed by atoms with Gasteiger partial charge in [-0.25, -0.2) is 9.79 Å². The second-order valence-corrected chi connectivity index (χ2v) is 10.2. The van der Waals surface area contributed by atoms with Crippen molar-refractivity contribution < 1.29 is 33.3 Å². The summed E-state index contributed by atoms with van der Waals surface area (Å²) in [5, 5.41) is 2.59. The highest BCUT2D eigenvalue weighted by Gasteiger charge is 2.42. The molecule has 0 N–H and O–H groups in total. The first-order valence-corrected chi connectivity index (χ1v) is 14.0. The van der Waals surface area contributed by atoms with Crippen molar-refractivity contribution in [1.82, 2.24) is 9.80 Å². The average Bonchev–Trinajstić information content (AvgIpc) is 3.33. The van der Waals surface area contributed by atoms with Crippen LogP contribution in [0.5, 0.6) is 11.5 Å². The number of rotatable bonds is 9. The van der Waals surface area contributed by atoms with Crippen molar-refractivity contribution >= 4 is 34.8 Å². The van der Waals surface area contributed by atoms with Gasteiger partial charge in [-0.2, -0.15) is 0 Å². The highest BCUT2D eigenvalue weighted by Crippen LogP contribution is 2.46. The van der Waals surface area contributed by atoms with Crippen LogP contribution in [-0.4, -0.2) is 73.3 Å². The van der Waals surface area contributed by atoms with E-state index in [0.717, 1.165) is 11.3 Å². The molecule has 1 amide bonds. The fourth-order valence-corrected chi connectivity index (χ4v) is 6.00. The number of esters is 2. The number of hydrogen-bond acceptors (Lipinski definition) is 10. The predicted molar refractivity (Wildman–Crippen MR) is 147 cm³/mol. The van der Waals surface area contributed by atoms with Gasteiger partial charge in [-0.3, -0.25) is 9.59 Å². The molecule has 10 nitrogen and oxygen atoms in total. The summed E-state index contributed by atoms with van der Waals surface area (Å²) in [6.07, 6.45) is 1.29. The molecule has 39 heavy (non-hydrogen) atoms. The minimum atomic E-state index is -0.593. The largest absolute Gasteiger partial charge is 0.497 e. The molecule has 1 aromatic rings. The van der Waals surface area contributed by atoms with E-state index in [2.05, 4.69) is 0 Å². The minimum Gasteiger partial charge on any atom is -0.497 e. The maximum Gasteiger partial charge on any atom is 0.338 e. The zero-order chi connectivity index (χ0) is 28.1. The Labute approximate surface area is 233 Å². The lowest BCUT2D eigenvalue weighted by molar-refractivity contribution is -0.151. The van der Waals surface area contributed by atoms with E-state index >= 15 is 0 Å². The number of benzene rings is 1. The summed E-state index contributed by atoms with van der Waals surface area (Å²) in [5.41, 5.74) is 2.43. The average molecular weight is 558 g/mol. The van der Waals surface area contributed by atoms with Crippen molar-refractivity contribution in [1.29, 1.82) is 0 Å². The molecule has 0 saturated carbocycles. The van der Waals surface area contributed by atoms with Crippen molar-refractivity contribution in [3.8, 4) is 11.5 Å². The van der Waals surface area contributed by atoms with Crippen LogP contribution in [0.4, 0.5) is 0 Å². The van der Waals surface area contributed by atoms with Gasteiger partial charge in [-0.1, -0.05) is 11.8 Å². The Hall–Kier alpha value is -3.47. The van der Waals surface area contributed by atoms with Gasteiger partial charge >= 0.3 is 11.9 Å². The molecule has 3 aliphatic heterocycles. The van der Waals surface area contributed by atoms with Gasteiger partial charge in [0.25, 0.3) is 0 Å². The van der Waals surface area contributed by atoms with Crippen LogP contribution >= 0.6 is 11.8 Å². The van der Waals surface area contributed by atoms with E-state index in [1.165, 1.54) is 11.8 Å². The summed E-state index contributed by atoms with van der Waals surface area (Å²) in [7, 11) is 3.14. The van der Waals surface area contributed by atoms with Crippen molar-refractivity contribution in [2.75, 3.05) is 40.5 Å². The molecule has 0 radical (unpaired) electrons. The van der Waals surface area contributed by atoms with Crippen molar-refractivity contribution in [2.24, 2.45) is 10.9 Å². The zero-order valence-electron chi connectivity index (χ0n) is 23.0. The Morgan fingerprint density at radius 2 is 1.64 bits per heavy atom. The number of amidine groups is 1. The van der Waals surface area contributed by atoms with E-state index < -0.39 is 12.0 Å². The summed E-state index contributed by atoms with van der Waals surface area (Å²) in [6, 6.07) is 4.88. The van der Waals surface area contributed by atoms with Crippen LogP contribution < -0.4 is 9.47 Å². The number of methoxy groups -OCH3 is 2. The molecule has 0 aliphatic carbocycles. The molecule has 0 bridgehead atoms. The third-order valence-electron chi connectivity index (χ3n) is 6.99. The van der Waals surface area contributed by atoms with E-state index in [0.29, 0.717) is 60.5 Å². The first-order valence-electron chi connectivity index (χ1n) is 13.1. The zero-order valence-corrected chi connectivity index (χ0v) is 23.8. The van der Waals surface area contributed by atoms with Crippen LogP contribution in [0.1, 0.15) is 51.6 Å². The molecular weight excluding hydrogens is 522 g/mol. The Kier molecular flexibility index (Phi) is 9.21. The lowest BCUT2D eigenvalue weighted by Gasteiger charge is -2.37. The second kappa shape index (κ2) is 12.6. The third kappa shape index (κ3) is 6.08. The maximum absolute atomic E-state index is 13.4. The highest BCUT2D eigenvalue weighted by molar-refractivity contribution is 8.16. The van der Waals surface area contributed by atoms with Gasteiger partial charge in [0.15, 0.2) is 5.17 Å². The van der Waals surface area contributed by atoms with E-state index in [1.54, 1.807) is 46.0 Å². The molecule has 3 heterocycles. The van der Waals surface area contributed by atoms with Gasteiger partial charge in [0, 0.05) is 24.9 Å². The fourth-order valence-electron chi connectivity index (χ4n) is 5.03. The van der Waals surface area contributed by atoms with Crippen molar-refractivity contribution in [3.63, 3.8) is 0 Å². The minimum absolute atomic E-state index is 0.0451. The molecule has 1 fully saturated rings. The SMILES string of the molecule is CCOC(=O)C1=C(C)N=C2SC=C(CC(=O)N3CCC(C(=O)OCC)CC3)N2[C@H]1c1cc(OC)cc(OC)c1. The summed E-state index contributed by atoms with van der Waals surface area (Å²) in [6.45, 7) is 6.90. The number of fused-ring (bicyclic) bond motifs is 1. The van der Waals surface area contributed by atoms with E-state index in [4.69, 9.17) is 23.9 Å². The molecule has 0 unspecified atom stereocenters. The number of likely N-dealkylation sites (tertiary alicyclic amines) is 1. The van der Waals surface area contributed by atoms with E-state index in [-0.39, 0.29) is 30.8 Å². The molecule has 0 spiro atoms. The standard InChI is InChI=1S/C28H35N3O7S/c1-6-37-26(33)18-8-10-30(11-9-18)23(32)14-20-16-39-28-29-17(3)24(27(34)38-7-2)25(31(20)28)19-12-21(35-4)15-22(13-19)36-5/h12-13,15-16,18,25H,6-11,14H2,1-5H3/t25-/m0/s1. The van der Waals surface area contributed by atoms with Crippen LogP contribution in [0.25, 0.3) is 0 Å². The van der Waals surface area contributed by atoms with Crippen LogP contribution in [0.2, 0.25) is 0 Å². The number of hydrogen-bond donors (Lipinski definition) is 0. The van der Waals surface area contributed by atoms with Crippen LogP contribution in [0.15, 0.2) is 45.6 Å². The number of aliphatic imine (C=N–C) groups is 1. The number of nitrogens with zero attached hydrogens (tertiary/aromatic N) is 3. The van der Waals surface area contributed by atoms with Crippen LogP contribution in [-0.2, 0) is 23.9 Å². The van der Waals surface area contributed by atoms with Crippen LogP contribution in [0.3, 0.4) is 0 Å². The van der Waals surface area contributed by atoms with Gasteiger partial charge in [0.05, 0.1) is 57.1 Å². The predicted octanol–water partition coefficient (Wildman–Crippen LogP) is 4.03. The summed E-state index contributed by atoms with van der Waals surface area (Å²) in [4.78, 5) is 47.2. The molecule has 3 aliphatic rings. The Morgan fingerprint density at radius 1 is 1.00 bits per heavy atom. The van der Waals surface area contributed by atoms with Gasteiger partial charge in [0.1, 0.15) is 11.5 Å². The van der Waals surface area contributed by atoms with Gasteiger partial charge < -0.3 is 28.7 Å². The van der Waals surface area contributed by atoms with Crippen molar-refractivity contribution in [2.45, 2.75) is 46.1 Å². The molecule has 1 saturated heterocycles. The molecule has 4 rings (SSSR count). The van der Waals surface area contributed by atoms with Crippen molar-refractivity contribution in [3.05, 3.63) is 46.1 Å². The van der Waals surface area contributed by atoms with Crippen LogP contribution in [0, 0.1) is 5.92 Å². The maximum atomic E-state index is 13.4. The number of ether oxygens (including phenoxy) is 4. The first-order chi connectivity index (χ1) is 18.8. The summed E-state index contributed by atoms with van der Waals surface area (Å²) >= 11 is 1.42. The Balaban J connectivity index is 1.62. The van der Waals surface area contributed by atoms with Gasteiger partial charge in [-0.05, 0) is 56.7 Å². The molecule has 1 atom stereocenters. The van der Waals surface area contributed by atoms with Gasteiger partial charge in [-0.15, -0.1) is 0 Å². The highest BCUT2D eigenvalue weighted by atomic mass is 32.2. The lowest BCUT2D eigenvalue weighted by Crippen LogP contribution is -2.42. The Morgan fingerprint density at radius 3 is 2.23 bits per heavy atom. The summed E-state index contributed by atoms with van der Waals surface area (Å²) < 4.78 is 21.6. The quantitative estimate of drug-likeness (QED) is 0.416. The van der Waals surface area contributed by atoms with Gasteiger partial charge in [0.2, 0.25) is 5.91 Å². The molecular formula is C28H35N3O7S. The molecule has 210 valence electrons. The topological polar surface area (TPSA) is 107 Å². The van der Waals surface area contributed by atoms with E-state index in [9.17, 15) is 14.4 Å². The molecule has 11 heteroatoms. The Bertz CT molecular complexity index is 1200. The third-order valence-corrected chi connectivity index (χ3v) is 7.87. The number of carbonyl (C=O) groups is 3. The smallest absolute Gasteiger partial charge is 0.338 e. The number of carbonyl (C=O) groups excluding carboxylic acids is 3. The number of amides is 1.